The lowest BCUT2D eigenvalue weighted by molar-refractivity contribution is -0.384. The van der Waals surface area contributed by atoms with Crippen molar-refractivity contribution in [1.82, 2.24) is 4.98 Å². The van der Waals surface area contributed by atoms with E-state index in [1.54, 1.807) is 12.1 Å². The van der Waals surface area contributed by atoms with Gasteiger partial charge < -0.3 is 10.2 Å². The molecule has 94 valence electrons. The Hall–Kier alpha value is -2.89. The van der Waals surface area contributed by atoms with Gasteiger partial charge in [-0.2, -0.15) is 0 Å². The van der Waals surface area contributed by atoms with Crippen LogP contribution in [0.5, 0.6) is 0 Å². The molecule has 3 rings (SSSR count). The van der Waals surface area contributed by atoms with Gasteiger partial charge in [0.1, 0.15) is 11.4 Å². The number of hydrogen-bond acceptors (Lipinski definition) is 5. The average Bonchev–Trinajstić information content (AvgIpc) is 2.81. The molecule has 0 amide bonds. The molecule has 0 aliphatic carbocycles. The smallest absolute Gasteiger partial charge is 0.298 e. The molecule has 6 heteroatoms. The number of nitrogens with zero attached hydrogens (tertiary/aromatic N) is 2. The maximum Gasteiger partial charge on any atom is 0.298 e. The molecule has 0 spiro atoms. The Morgan fingerprint density at radius 2 is 2.00 bits per heavy atom. The van der Waals surface area contributed by atoms with E-state index >= 15 is 0 Å². The number of aromatic nitrogens is 1. The lowest BCUT2D eigenvalue weighted by atomic mass is 10.2. The number of rotatable bonds is 2. The number of nitro groups is 1. The molecule has 6 nitrogen and oxygen atoms in total. The number of benzene rings is 1. The fourth-order valence-corrected chi connectivity index (χ4v) is 1.89. The molecule has 2 heterocycles. The molecular formula is C13H9N3O3. The van der Waals surface area contributed by atoms with Crippen LogP contribution < -0.4 is 5.73 Å². The number of anilines is 1. The fraction of sp³-hybridized carbons (Fsp3) is 0. The number of pyridine rings is 1. The number of hydrogen-bond donors (Lipinski definition) is 1. The van der Waals surface area contributed by atoms with E-state index in [-0.39, 0.29) is 17.2 Å². The minimum absolute atomic E-state index is 0.131. The third kappa shape index (κ3) is 1.89. The van der Waals surface area contributed by atoms with E-state index in [1.165, 1.54) is 12.1 Å². The predicted molar refractivity (Wildman–Crippen MR) is 70.5 cm³/mol. The molecule has 0 aliphatic rings. The molecular weight excluding hydrogens is 246 g/mol. The number of para-hydroxylation sites is 1. The maximum absolute atomic E-state index is 11.0. The van der Waals surface area contributed by atoms with E-state index in [1.807, 2.05) is 18.2 Å². The van der Waals surface area contributed by atoms with Gasteiger partial charge in [0.2, 0.25) is 0 Å². The van der Waals surface area contributed by atoms with Crippen LogP contribution in [0.1, 0.15) is 0 Å². The van der Waals surface area contributed by atoms with Crippen molar-refractivity contribution in [1.29, 1.82) is 0 Å². The van der Waals surface area contributed by atoms with Crippen molar-refractivity contribution in [2.45, 2.75) is 0 Å². The second kappa shape index (κ2) is 4.09. The van der Waals surface area contributed by atoms with Crippen LogP contribution in [0, 0.1) is 10.1 Å². The van der Waals surface area contributed by atoms with Gasteiger partial charge in [-0.15, -0.1) is 0 Å². The van der Waals surface area contributed by atoms with Crippen molar-refractivity contribution in [2.24, 2.45) is 0 Å². The van der Waals surface area contributed by atoms with E-state index in [0.29, 0.717) is 11.3 Å². The summed E-state index contributed by atoms with van der Waals surface area (Å²) < 4.78 is 5.58. The number of nitrogen functional groups attached to an aromatic ring is 1. The quantitative estimate of drug-likeness (QED) is 0.561. The molecule has 0 unspecified atom stereocenters. The van der Waals surface area contributed by atoms with Gasteiger partial charge in [-0.1, -0.05) is 18.2 Å². The molecule has 2 aromatic heterocycles. The van der Waals surface area contributed by atoms with E-state index in [0.717, 1.165) is 5.39 Å². The summed E-state index contributed by atoms with van der Waals surface area (Å²) in [6.07, 6.45) is 0. The first-order valence-corrected chi connectivity index (χ1v) is 5.55. The van der Waals surface area contributed by atoms with Gasteiger partial charge >= 0.3 is 0 Å². The largest absolute Gasteiger partial charge is 0.454 e. The SMILES string of the molecule is Nc1ccc([N+](=O)[O-])c(-c2cc3ccccc3o2)n1. The van der Waals surface area contributed by atoms with Crippen LogP contribution in [0.25, 0.3) is 22.4 Å². The zero-order valence-corrected chi connectivity index (χ0v) is 9.74. The minimum atomic E-state index is -0.505. The van der Waals surface area contributed by atoms with Crippen molar-refractivity contribution in [3.63, 3.8) is 0 Å². The molecule has 0 atom stereocenters. The third-order valence-corrected chi connectivity index (χ3v) is 2.75. The first kappa shape index (κ1) is 11.2. The maximum atomic E-state index is 11.0. The lowest BCUT2D eigenvalue weighted by Crippen LogP contribution is -1.97. The van der Waals surface area contributed by atoms with Crippen LogP contribution in [0.4, 0.5) is 11.5 Å². The summed E-state index contributed by atoms with van der Waals surface area (Å²) in [4.78, 5) is 14.5. The van der Waals surface area contributed by atoms with Crippen molar-refractivity contribution in [3.8, 4) is 11.5 Å². The van der Waals surface area contributed by atoms with Crippen LogP contribution in [-0.4, -0.2) is 9.91 Å². The predicted octanol–water partition coefficient (Wildman–Crippen LogP) is 2.99. The van der Waals surface area contributed by atoms with Crippen LogP contribution in [0.3, 0.4) is 0 Å². The topological polar surface area (TPSA) is 95.2 Å². The highest BCUT2D eigenvalue weighted by atomic mass is 16.6. The Morgan fingerprint density at radius 1 is 1.21 bits per heavy atom. The second-order valence-corrected chi connectivity index (χ2v) is 4.01. The number of fused-ring (bicyclic) bond motifs is 1. The van der Waals surface area contributed by atoms with E-state index in [9.17, 15) is 10.1 Å². The second-order valence-electron chi connectivity index (χ2n) is 4.01. The minimum Gasteiger partial charge on any atom is -0.454 e. The molecule has 3 aromatic rings. The summed E-state index contributed by atoms with van der Waals surface area (Å²) in [6.45, 7) is 0. The summed E-state index contributed by atoms with van der Waals surface area (Å²) in [5.74, 6) is 0.543. The summed E-state index contributed by atoms with van der Waals surface area (Å²) >= 11 is 0. The van der Waals surface area contributed by atoms with Crippen molar-refractivity contribution < 1.29 is 9.34 Å². The molecule has 0 saturated heterocycles. The van der Waals surface area contributed by atoms with Gasteiger partial charge in [-0.05, 0) is 18.2 Å². The highest BCUT2D eigenvalue weighted by Crippen LogP contribution is 2.32. The molecule has 1 aromatic carbocycles. The van der Waals surface area contributed by atoms with Crippen LogP contribution in [0.15, 0.2) is 46.9 Å². The van der Waals surface area contributed by atoms with Gasteiger partial charge in [0, 0.05) is 11.5 Å². The van der Waals surface area contributed by atoms with Crippen molar-refractivity contribution in [2.75, 3.05) is 5.73 Å². The Bertz CT molecular complexity index is 747. The van der Waals surface area contributed by atoms with Crippen molar-refractivity contribution in [3.05, 3.63) is 52.6 Å². The molecule has 0 fully saturated rings. The van der Waals surface area contributed by atoms with Crippen LogP contribution >= 0.6 is 0 Å². The fourth-order valence-electron chi connectivity index (χ4n) is 1.89. The normalized spacial score (nSPS) is 10.7. The standard InChI is InChI=1S/C13H9N3O3/c14-12-6-5-9(16(17)18)13(15-12)11-7-8-3-1-2-4-10(8)19-11/h1-7H,(H2,14,15). The lowest BCUT2D eigenvalue weighted by Gasteiger charge is -1.99. The zero-order valence-electron chi connectivity index (χ0n) is 9.74. The summed E-state index contributed by atoms with van der Waals surface area (Å²) in [7, 11) is 0. The molecule has 0 bridgehead atoms. The van der Waals surface area contributed by atoms with Gasteiger partial charge in [0.25, 0.3) is 5.69 Å². The summed E-state index contributed by atoms with van der Waals surface area (Å²) in [5.41, 5.74) is 6.24. The molecule has 0 aliphatic heterocycles. The monoisotopic (exact) mass is 255 g/mol. The third-order valence-electron chi connectivity index (χ3n) is 2.75. The number of furan rings is 1. The van der Waals surface area contributed by atoms with Gasteiger partial charge in [0.05, 0.1) is 4.92 Å². The Morgan fingerprint density at radius 3 is 2.74 bits per heavy atom. The Kier molecular flexibility index (Phi) is 2.42. The van der Waals surface area contributed by atoms with E-state index in [2.05, 4.69) is 4.98 Å². The Balaban J connectivity index is 2.25. The van der Waals surface area contributed by atoms with Gasteiger partial charge in [0.15, 0.2) is 11.5 Å². The average molecular weight is 255 g/mol. The first-order valence-electron chi connectivity index (χ1n) is 5.55. The zero-order chi connectivity index (χ0) is 13.4. The molecule has 0 radical (unpaired) electrons. The summed E-state index contributed by atoms with van der Waals surface area (Å²) in [6, 6.07) is 11.8. The van der Waals surface area contributed by atoms with E-state index < -0.39 is 4.92 Å². The highest BCUT2D eigenvalue weighted by Gasteiger charge is 2.20. The van der Waals surface area contributed by atoms with Crippen LogP contribution in [0.2, 0.25) is 0 Å². The number of nitrogens with two attached hydrogens (primary N) is 1. The highest BCUT2D eigenvalue weighted by molar-refractivity contribution is 5.83. The Labute approximate surface area is 107 Å². The molecule has 2 N–H and O–H groups in total. The van der Waals surface area contributed by atoms with Crippen molar-refractivity contribution >= 4 is 22.5 Å². The summed E-state index contributed by atoms with van der Waals surface area (Å²) in [5, 5.41) is 11.9. The van der Waals surface area contributed by atoms with E-state index in [4.69, 9.17) is 10.2 Å². The first-order chi connectivity index (χ1) is 9.15. The van der Waals surface area contributed by atoms with Gasteiger partial charge in [-0.3, -0.25) is 10.1 Å². The molecule has 19 heavy (non-hydrogen) atoms. The molecule has 0 saturated carbocycles. The van der Waals surface area contributed by atoms with Gasteiger partial charge in [-0.25, -0.2) is 4.98 Å². The van der Waals surface area contributed by atoms with Crippen LogP contribution in [-0.2, 0) is 0 Å².